The van der Waals surface area contributed by atoms with E-state index in [1.54, 1.807) is 42.7 Å². The lowest BCUT2D eigenvalue weighted by Gasteiger charge is -2.55. The minimum Gasteiger partial charge on any atom is -0.456 e. The summed E-state index contributed by atoms with van der Waals surface area (Å²) in [7, 11) is 0. The molecule has 26 heavy (non-hydrogen) atoms. The molecule has 2 aromatic rings. The lowest BCUT2D eigenvalue weighted by Crippen LogP contribution is -2.65. The van der Waals surface area contributed by atoms with Crippen molar-refractivity contribution >= 4 is 5.91 Å². The smallest absolute Gasteiger partial charge is 0.251 e. The third-order valence-electron chi connectivity index (χ3n) is 5.53. The molecule has 1 spiro atoms. The lowest BCUT2D eigenvalue weighted by molar-refractivity contribution is -0.145. The van der Waals surface area contributed by atoms with Crippen LogP contribution in [0.15, 0.2) is 48.8 Å². The summed E-state index contributed by atoms with van der Waals surface area (Å²) in [6.07, 6.45) is 5.15. The first-order valence-corrected chi connectivity index (χ1v) is 8.92. The Morgan fingerprint density at radius 3 is 2.62 bits per heavy atom. The zero-order valence-corrected chi connectivity index (χ0v) is 14.4. The van der Waals surface area contributed by atoms with E-state index in [2.05, 4.69) is 10.3 Å². The van der Waals surface area contributed by atoms with Gasteiger partial charge in [0.25, 0.3) is 5.91 Å². The molecule has 1 amide bonds. The van der Waals surface area contributed by atoms with Gasteiger partial charge in [-0.1, -0.05) is 0 Å². The number of hydrogen-bond donors (Lipinski definition) is 2. The van der Waals surface area contributed by atoms with Crippen LogP contribution in [0.25, 0.3) is 0 Å². The molecule has 0 bridgehead atoms. The van der Waals surface area contributed by atoms with Crippen molar-refractivity contribution < 1.29 is 19.4 Å². The first kappa shape index (κ1) is 17.0. The number of nitrogens with zero attached hydrogens (tertiary/aromatic N) is 1. The molecule has 2 fully saturated rings. The highest BCUT2D eigenvalue weighted by atomic mass is 16.5. The van der Waals surface area contributed by atoms with Crippen LogP contribution in [0.1, 0.15) is 29.6 Å². The van der Waals surface area contributed by atoms with Crippen LogP contribution in [0.5, 0.6) is 11.5 Å². The molecule has 2 aliphatic rings. The van der Waals surface area contributed by atoms with Crippen LogP contribution in [0.2, 0.25) is 0 Å². The summed E-state index contributed by atoms with van der Waals surface area (Å²) in [5, 5.41) is 13.3. The molecule has 1 aliphatic carbocycles. The third kappa shape index (κ3) is 3.18. The zero-order valence-electron chi connectivity index (χ0n) is 14.4. The Morgan fingerprint density at radius 2 is 1.96 bits per heavy atom. The Bertz CT molecular complexity index is 757. The third-order valence-corrected chi connectivity index (χ3v) is 5.53. The molecule has 1 saturated carbocycles. The first-order valence-electron chi connectivity index (χ1n) is 8.92. The van der Waals surface area contributed by atoms with E-state index in [1.807, 2.05) is 6.07 Å². The van der Waals surface area contributed by atoms with Crippen molar-refractivity contribution in [2.24, 2.45) is 5.41 Å². The van der Waals surface area contributed by atoms with Crippen LogP contribution < -0.4 is 10.1 Å². The second-order valence-electron chi connectivity index (χ2n) is 6.94. The summed E-state index contributed by atoms with van der Waals surface area (Å²) < 4.78 is 11.1. The summed E-state index contributed by atoms with van der Waals surface area (Å²) >= 11 is 0. The van der Waals surface area contributed by atoms with Crippen LogP contribution in [-0.4, -0.2) is 41.4 Å². The van der Waals surface area contributed by atoms with E-state index in [4.69, 9.17) is 9.47 Å². The standard InChI is InChI=1S/C20H22N2O4/c23-18-12-17(20(18)7-10-25-11-8-20)22-19(24)14-3-5-15(6-4-14)26-16-2-1-9-21-13-16/h1-6,9,13,17-18,23H,7-8,10-12H2,(H,22,24)/t17-,18-/m1/s1. The van der Waals surface area contributed by atoms with Gasteiger partial charge in [0.2, 0.25) is 0 Å². The first-order chi connectivity index (χ1) is 12.7. The Hall–Kier alpha value is -2.44. The molecule has 4 rings (SSSR count). The Labute approximate surface area is 152 Å². The number of ether oxygens (including phenoxy) is 2. The Morgan fingerprint density at radius 1 is 1.19 bits per heavy atom. The van der Waals surface area contributed by atoms with E-state index in [9.17, 15) is 9.90 Å². The largest absolute Gasteiger partial charge is 0.456 e. The van der Waals surface area contributed by atoms with Crippen molar-refractivity contribution in [1.82, 2.24) is 10.3 Å². The maximum Gasteiger partial charge on any atom is 0.251 e. The molecule has 6 nitrogen and oxygen atoms in total. The van der Waals surface area contributed by atoms with E-state index in [1.165, 1.54) is 0 Å². The fourth-order valence-electron chi connectivity index (χ4n) is 3.86. The van der Waals surface area contributed by atoms with Crippen molar-refractivity contribution in [2.75, 3.05) is 13.2 Å². The lowest BCUT2D eigenvalue weighted by atomic mass is 9.58. The van der Waals surface area contributed by atoms with Gasteiger partial charge in [0.15, 0.2) is 0 Å². The molecule has 0 unspecified atom stereocenters. The molecule has 1 aromatic carbocycles. The number of amides is 1. The quantitative estimate of drug-likeness (QED) is 0.882. The fraction of sp³-hybridized carbons (Fsp3) is 0.400. The van der Waals surface area contributed by atoms with Gasteiger partial charge >= 0.3 is 0 Å². The molecule has 2 heterocycles. The Balaban J connectivity index is 1.39. The van der Waals surface area contributed by atoms with E-state index in [0.717, 1.165) is 12.8 Å². The number of rotatable bonds is 4. The highest BCUT2D eigenvalue weighted by Gasteiger charge is 2.55. The second kappa shape index (κ2) is 7.05. The van der Waals surface area contributed by atoms with Crippen LogP contribution in [0, 0.1) is 5.41 Å². The van der Waals surface area contributed by atoms with Gasteiger partial charge in [-0.3, -0.25) is 9.78 Å². The summed E-state index contributed by atoms with van der Waals surface area (Å²) in [4.78, 5) is 16.6. The molecular weight excluding hydrogens is 332 g/mol. The number of carbonyl (C=O) groups is 1. The number of nitrogens with one attached hydrogen (secondary N) is 1. The number of pyridine rings is 1. The van der Waals surface area contributed by atoms with E-state index in [-0.39, 0.29) is 23.5 Å². The number of aromatic nitrogens is 1. The van der Waals surface area contributed by atoms with Crippen LogP contribution in [-0.2, 0) is 4.74 Å². The van der Waals surface area contributed by atoms with E-state index in [0.29, 0.717) is 36.7 Å². The minimum absolute atomic E-state index is 0.000203. The number of hydrogen-bond acceptors (Lipinski definition) is 5. The predicted molar refractivity (Wildman–Crippen MR) is 95.1 cm³/mol. The minimum atomic E-state index is -0.355. The molecular formula is C20H22N2O4. The molecule has 1 saturated heterocycles. The van der Waals surface area contributed by atoms with Gasteiger partial charge < -0.3 is 19.9 Å². The van der Waals surface area contributed by atoms with E-state index >= 15 is 0 Å². The highest BCUT2D eigenvalue weighted by Crippen LogP contribution is 2.49. The van der Waals surface area contributed by atoms with Gasteiger partial charge in [0.1, 0.15) is 11.5 Å². The summed E-state index contributed by atoms with van der Waals surface area (Å²) in [5.41, 5.74) is 0.351. The summed E-state index contributed by atoms with van der Waals surface area (Å²) in [6.45, 7) is 1.29. The van der Waals surface area contributed by atoms with Crippen LogP contribution >= 0.6 is 0 Å². The van der Waals surface area contributed by atoms with Crippen LogP contribution in [0.4, 0.5) is 0 Å². The van der Waals surface area contributed by atoms with Crippen molar-refractivity contribution in [3.63, 3.8) is 0 Å². The average molecular weight is 354 g/mol. The monoisotopic (exact) mass is 354 g/mol. The Kier molecular flexibility index (Phi) is 4.61. The van der Waals surface area contributed by atoms with Crippen LogP contribution in [0.3, 0.4) is 0 Å². The van der Waals surface area contributed by atoms with Gasteiger partial charge in [-0.25, -0.2) is 0 Å². The number of carbonyl (C=O) groups excluding carboxylic acids is 1. The number of aliphatic hydroxyl groups is 1. The van der Waals surface area contributed by atoms with E-state index < -0.39 is 0 Å². The summed E-state index contributed by atoms with van der Waals surface area (Å²) in [5.74, 6) is 1.17. The van der Waals surface area contributed by atoms with Gasteiger partial charge in [-0.05, 0) is 55.7 Å². The van der Waals surface area contributed by atoms with Crippen molar-refractivity contribution in [1.29, 1.82) is 0 Å². The predicted octanol–water partition coefficient (Wildman–Crippen LogP) is 2.53. The maximum atomic E-state index is 12.6. The van der Waals surface area contributed by atoms with Gasteiger partial charge in [-0.15, -0.1) is 0 Å². The summed E-state index contributed by atoms with van der Waals surface area (Å²) in [6, 6.07) is 10.6. The normalized spacial score (nSPS) is 23.9. The van der Waals surface area contributed by atoms with Gasteiger partial charge in [-0.2, -0.15) is 0 Å². The molecule has 2 N–H and O–H groups in total. The molecule has 0 radical (unpaired) electrons. The topological polar surface area (TPSA) is 80.7 Å². The van der Waals surface area contributed by atoms with Crippen molar-refractivity contribution in [2.45, 2.75) is 31.4 Å². The SMILES string of the molecule is O=C(N[C@@H]1C[C@@H](O)C12CCOCC2)c1ccc(Oc2cccnc2)cc1. The average Bonchev–Trinajstić information content (AvgIpc) is 2.69. The zero-order chi connectivity index (χ0) is 18.0. The molecule has 6 heteroatoms. The molecule has 2 atom stereocenters. The number of aliphatic hydroxyl groups excluding tert-OH is 1. The fourth-order valence-corrected chi connectivity index (χ4v) is 3.86. The number of benzene rings is 1. The molecule has 136 valence electrons. The van der Waals surface area contributed by atoms with Gasteiger partial charge in [0.05, 0.1) is 12.3 Å². The van der Waals surface area contributed by atoms with Crippen molar-refractivity contribution in [3.05, 3.63) is 54.4 Å². The molecule has 1 aromatic heterocycles. The highest BCUT2D eigenvalue weighted by molar-refractivity contribution is 5.94. The molecule has 1 aliphatic heterocycles. The second-order valence-corrected chi connectivity index (χ2v) is 6.94. The van der Waals surface area contributed by atoms with Crippen molar-refractivity contribution in [3.8, 4) is 11.5 Å². The van der Waals surface area contributed by atoms with Gasteiger partial charge in [0, 0.05) is 36.4 Å². The maximum absolute atomic E-state index is 12.6.